The summed E-state index contributed by atoms with van der Waals surface area (Å²) in [7, 11) is 0. The fourth-order valence-electron chi connectivity index (χ4n) is 2.50. The molecule has 0 saturated carbocycles. The van der Waals surface area contributed by atoms with E-state index in [1.165, 1.54) is 37.2 Å². The average molecular weight is 400 g/mol. The number of carboxylic acids is 1. The number of carboxylic acid groups (broad SMARTS) is 1. The van der Waals surface area contributed by atoms with Crippen molar-refractivity contribution in [1.82, 2.24) is 15.4 Å². The van der Waals surface area contributed by atoms with Crippen molar-refractivity contribution in [3.8, 4) is 0 Å². The van der Waals surface area contributed by atoms with Crippen LogP contribution in [0.4, 0.5) is 19.0 Å². The fourth-order valence-corrected chi connectivity index (χ4v) is 2.50. The highest BCUT2D eigenvalue weighted by Gasteiger charge is 2.33. The Kier molecular flexibility index (Phi) is 6.16. The van der Waals surface area contributed by atoms with E-state index in [9.17, 15) is 27.9 Å². The van der Waals surface area contributed by atoms with Gasteiger partial charge in [0.15, 0.2) is 6.61 Å². The molecule has 0 spiro atoms. The highest BCUT2D eigenvalue weighted by molar-refractivity contribution is 5.87. The van der Waals surface area contributed by atoms with Crippen LogP contribution in [0.2, 0.25) is 0 Å². The van der Waals surface area contributed by atoms with Crippen LogP contribution in [0.5, 0.6) is 0 Å². The molecule has 1 unspecified atom stereocenters. The number of allylic oxidation sites excluding steroid dienone is 2. The van der Waals surface area contributed by atoms with Crippen LogP contribution in [0.3, 0.4) is 0 Å². The number of amides is 1. The zero-order valence-electron chi connectivity index (χ0n) is 15.3. The van der Waals surface area contributed by atoms with E-state index < -0.39 is 24.8 Å². The van der Waals surface area contributed by atoms with Gasteiger partial charge in [0, 0.05) is 18.7 Å². The Balaban J connectivity index is 2.37. The molecule has 1 amide bonds. The number of nitrogens with zero attached hydrogens (tertiary/aromatic N) is 2. The first-order valence-electron chi connectivity index (χ1n) is 8.13. The van der Waals surface area contributed by atoms with Gasteiger partial charge in [-0.2, -0.15) is 13.2 Å². The minimum absolute atomic E-state index is 0.160. The molecule has 0 radical (unpaired) electrons. The lowest BCUT2D eigenvalue weighted by Crippen LogP contribution is -2.44. The van der Waals surface area contributed by atoms with Gasteiger partial charge in [-0.25, -0.2) is 14.8 Å². The molecule has 1 aromatic heterocycles. The molecule has 1 atom stereocenters. The van der Waals surface area contributed by atoms with Crippen molar-refractivity contribution in [2.45, 2.75) is 33.0 Å². The first-order valence-corrected chi connectivity index (χ1v) is 8.13. The van der Waals surface area contributed by atoms with E-state index in [1.807, 2.05) is 0 Å². The molecule has 0 aromatic carbocycles. The Hall–Kier alpha value is -3.24. The van der Waals surface area contributed by atoms with Gasteiger partial charge >= 0.3 is 12.1 Å². The molecular weight excluding hydrogens is 381 g/mol. The topological polar surface area (TPSA) is 104 Å². The summed E-state index contributed by atoms with van der Waals surface area (Å²) in [5.41, 5.74) is 3.11. The second kappa shape index (κ2) is 8.19. The number of hydrazine groups is 1. The maximum atomic E-state index is 12.6. The molecular formula is C17H19F3N4O4. The normalized spacial score (nSPS) is 15.5. The molecule has 0 aliphatic carbocycles. The molecule has 1 aliphatic heterocycles. The summed E-state index contributed by atoms with van der Waals surface area (Å²) in [4.78, 5) is 26.5. The van der Waals surface area contributed by atoms with E-state index in [4.69, 9.17) is 4.74 Å². The fraction of sp³-hybridized carbons (Fsp3) is 0.353. The lowest BCUT2D eigenvalue weighted by Gasteiger charge is -2.37. The van der Waals surface area contributed by atoms with Crippen molar-refractivity contribution in [3.05, 3.63) is 47.1 Å². The number of carbonyl (C=O) groups excluding carboxylic acids is 1. The third-order valence-electron chi connectivity index (χ3n) is 3.72. The van der Waals surface area contributed by atoms with Gasteiger partial charge in [-0.05, 0) is 37.6 Å². The average Bonchev–Trinajstić information content (AvgIpc) is 2.58. The highest BCUT2D eigenvalue weighted by Crippen LogP contribution is 2.30. The van der Waals surface area contributed by atoms with Gasteiger partial charge in [-0.3, -0.25) is 10.2 Å². The summed E-state index contributed by atoms with van der Waals surface area (Å²) in [5, 5.41) is 13.0. The Morgan fingerprint density at radius 1 is 1.43 bits per heavy atom. The molecule has 28 heavy (non-hydrogen) atoms. The highest BCUT2D eigenvalue weighted by atomic mass is 19.4. The predicted octanol–water partition coefficient (Wildman–Crippen LogP) is 2.70. The summed E-state index contributed by atoms with van der Waals surface area (Å²) in [6.07, 6.45) is -1.96. The Morgan fingerprint density at radius 3 is 2.68 bits per heavy atom. The lowest BCUT2D eigenvalue weighted by molar-refractivity contribution is -0.173. The first-order chi connectivity index (χ1) is 13.0. The van der Waals surface area contributed by atoms with Crippen molar-refractivity contribution < 1.29 is 32.6 Å². The molecule has 0 fully saturated rings. The van der Waals surface area contributed by atoms with Crippen LogP contribution in [0, 0.1) is 0 Å². The van der Waals surface area contributed by atoms with Crippen molar-refractivity contribution in [1.29, 1.82) is 0 Å². The Bertz CT molecular complexity index is 836. The number of hydrogen-bond acceptors (Lipinski definition) is 6. The van der Waals surface area contributed by atoms with Crippen LogP contribution in [-0.4, -0.2) is 39.8 Å². The number of rotatable bonds is 6. The smallest absolute Gasteiger partial charge is 0.422 e. The van der Waals surface area contributed by atoms with Gasteiger partial charge < -0.3 is 15.2 Å². The van der Waals surface area contributed by atoms with Crippen molar-refractivity contribution >= 4 is 17.7 Å². The second-order valence-corrected chi connectivity index (χ2v) is 6.07. The van der Waals surface area contributed by atoms with E-state index in [2.05, 4.69) is 15.7 Å². The monoisotopic (exact) mass is 400 g/mol. The van der Waals surface area contributed by atoms with Gasteiger partial charge in [-0.15, -0.1) is 0 Å². The van der Waals surface area contributed by atoms with E-state index in [0.29, 0.717) is 5.56 Å². The van der Waals surface area contributed by atoms with Crippen LogP contribution >= 0.6 is 0 Å². The van der Waals surface area contributed by atoms with Crippen LogP contribution in [-0.2, 0) is 14.3 Å². The van der Waals surface area contributed by atoms with Gasteiger partial charge in [0.05, 0.1) is 6.04 Å². The van der Waals surface area contributed by atoms with E-state index >= 15 is 0 Å². The SMILES string of the molecule is CC(=O)Nc1cc(C(C)N2NC(C(=O)O)=CC(C)=C2OCC(F)(F)F)ccn1. The van der Waals surface area contributed by atoms with Gasteiger partial charge in [0.2, 0.25) is 11.8 Å². The van der Waals surface area contributed by atoms with E-state index in [0.717, 1.165) is 0 Å². The number of nitrogens with one attached hydrogen (secondary N) is 2. The predicted molar refractivity (Wildman–Crippen MR) is 92.4 cm³/mol. The number of alkyl halides is 3. The summed E-state index contributed by atoms with van der Waals surface area (Å²) in [6, 6.07) is 2.47. The summed E-state index contributed by atoms with van der Waals surface area (Å²) < 4.78 is 42.8. The third kappa shape index (κ3) is 5.38. The maximum absolute atomic E-state index is 12.6. The number of carbonyl (C=O) groups is 2. The van der Waals surface area contributed by atoms with Gasteiger partial charge in [0.25, 0.3) is 0 Å². The largest absolute Gasteiger partial charge is 0.477 e. The van der Waals surface area contributed by atoms with Gasteiger partial charge in [-0.1, -0.05) is 0 Å². The lowest BCUT2D eigenvalue weighted by atomic mass is 10.1. The molecule has 11 heteroatoms. The molecule has 0 bridgehead atoms. The van der Waals surface area contributed by atoms with Gasteiger partial charge in [0.1, 0.15) is 11.5 Å². The minimum atomic E-state index is -4.56. The molecule has 2 heterocycles. The number of aromatic nitrogens is 1. The van der Waals surface area contributed by atoms with Crippen LogP contribution in [0.1, 0.15) is 32.4 Å². The van der Waals surface area contributed by atoms with Crippen molar-refractivity contribution in [2.24, 2.45) is 0 Å². The second-order valence-electron chi connectivity index (χ2n) is 6.07. The zero-order valence-corrected chi connectivity index (χ0v) is 15.3. The molecule has 152 valence electrons. The third-order valence-corrected chi connectivity index (χ3v) is 3.72. The van der Waals surface area contributed by atoms with Crippen molar-refractivity contribution in [3.63, 3.8) is 0 Å². The van der Waals surface area contributed by atoms with E-state index in [-0.39, 0.29) is 28.9 Å². The molecule has 0 saturated heterocycles. The van der Waals surface area contributed by atoms with Crippen LogP contribution in [0.25, 0.3) is 0 Å². The number of anilines is 1. The molecule has 3 N–H and O–H groups in total. The summed E-state index contributed by atoms with van der Waals surface area (Å²) >= 11 is 0. The number of ether oxygens (including phenoxy) is 1. The quantitative estimate of drug-likeness (QED) is 0.675. The minimum Gasteiger partial charge on any atom is -0.477 e. The molecule has 1 aliphatic rings. The Labute approximate surface area is 158 Å². The van der Waals surface area contributed by atoms with Crippen molar-refractivity contribution in [2.75, 3.05) is 11.9 Å². The number of pyridine rings is 1. The first kappa shape index (κ1) is 21.1. The number of halogens is 3. The summed E-state index contributed by atoms with van der Waals surface area (Å²) in [6.45, 7) is 2.86. The molecule has 8 nitrogen and oxygen atoms in total. The van der Waals surface area contributed by atoms with E-state index in [1.54, 1.807) is 13.0 Å². The maximum Gasteiger partial charge on any atom is 0.422 e. The standard InChI is InChI=1S/C17H19F3N4O4/c1-9-6-13(16(26)27)23-24(15(9)28-8-17(18,19)20)10(2)12-4-5-21-14(7-12)22-11(3)25/h4-7,10,23H,8H2,1-3H3,(H,26,27)(H,21,22,25). The Morgan fingerprint density at radius 2 is 2.11 bits per heavy atom. The zero-order chi connectivity index (χ0) is 21.1. The van der Waals surface area contributed by atoms with Crippen LogP contribution < -0.4 is 10.7 Å². The van der Waals surface area contributed by atoms with Crippen LogP contribution in [0.15, 0.2) is 41.6 Å². The number of hydrogen-bond donors (Lipinski definition) is 3. The number of aliphatic carboxylic acids is 1. The summed E-state index contributed by atoms with van der Waals surface area (Å²) in [5.74, 6) is -1.52. The molecule has 1 aromatic rings. The molecule has 2 rings (SSSR count).